The predicted octanol–water partition coefficient (Wildman–Crippen LogP) is 4.80. The summed E-state index contributed by atoms with van der Waals surface area (Å²) >= 11 is 0. The number of rotatable bonds is 7. The highest BCUT2D eigenvalue weighted by molar-refractivity contribution is 7.91. The number of aromatic nitrogens is 1. The van der Waals surface area contributed by atoms with Gasteiger partial charge in [0, 0.05) is 18.3 Å². The van der Waals surface area contributed by atoms with Crippen LogP contribution in [0, 0.1) is 5.92 Å². The molecule has 13 heteroatoms. The molecule has 1 saturated carbocycles. The minimum absolute atomic E-state index is 0.124. The number of carbonyl (C=O) groups is 1. The second kappa shape index (κ2) is 10.4. The number of nitrogens with zero attached hydrogens (tertiary/aromatic N) is 1. The van der Waals surface area contributed by atoms with E-state index in [0.717, 1.165) is 30.5 Å². The van der Waals surface area contributed by atoms with E-state index in [4.69, 9.17) is 0 Å². The summed E-state index contributed by atoms with van der Waals surface area (Å²) in [5.74, 6) is -1.33. The Balaban J connectivity index is 1.50. The van der Waals surface area contributed by atoms with Crippen LogP contribution in [-0.2, 0) is 16.0 Å². The van der Waals surface area contributed by atoms with Gasteiger partial charge >= 0.3 is 12.4 Å². The maximum atomic E-state index is 12.9. The van der Waals surface area contributed by atoms with Crippen molar-refractivity contribution in [1.82, 2.24) is 10.3 Å². The zero-order chi connectivity index (χ0) is 25.9. The molecule has 3 rings (SSSR count). The highest BCUT2D eigenvalue weighted by atomic mass is 32.2. The van der Waals surface area contributed by atoms with Crippen molar-refractivity contribution in [3.63, 3.8) is 0 Å². The van der Waals surface area contributed by atoms with Gasteiger partial charge in [-0.25, -0.2) is 13.4 Å². The number of sulfone groups is 1. The Kier molecular flexibility index (Phi) is 7.97. The summed E-state index contributed by atoms with van der Waals surface area (Å²) in [7, 11) is -3.92. The van der Waals surface area contributed by atoms with Crippen LogP contribution in [0.5, 0.6) is 5.88 Å². The highest BCUT2D eigenvalue weighted by Crippen LogP contribution is 2.32. The summed E-state index contributed by atoms with van der Waals surface area (Å²) in [6, 6.07) is 5.82. The normalized spacial score (nSPS) is 19.3. The molecule has 1 heterocycles. The molecule has 0 radical (unpaired) electrons. The number of pyridine rings is 1. The average molecular weight is 524 g/mol. The van der Waals surface area contributed by atoms with Crippen LogP contribution < -0.4 is 10.1 Å². The Morgan fingerprint density at radius 3 is 2.29 bits per heavy atom. The lowest BCUT2D eigenvalue weighted by Crippen LogP contribution is -2.38. The SMILES string of the molecule is O=C(NC1CCC(CS(=O)(=O)c2cccc(C(F)(F)F)c2)CC1)c1ccc(OCC(F)(F)F)nc1. The molecule has 1 N–H and O–H groups in total. The molecule has 0 saturated heterocycles. The molecular weight excluding hydrogens is 502 g/mol. The third-order valence-corrected chi connectivity index (χ3v) is 7.42. The summed E-state index contributed by atoms with van der Waals surface area (Å²) < 4.78 is 105. The number of alkyl halides is 6. The molecule has 0 atom stereocenters. The minimum Gasteiger partial charge on any atom is -0.468 e. The van der Waals surface area contributed by atoms with E-state index in [0.29, 0.717) is 31.7 Å². The molecule has 0 aliphatic heterocycles. The molecule has 1 aliphatic rings. The molecule has 1 amide bonds. The van der Waals surface area contributed by atoms with Crippen molar-refractivity contribution < 1.29 is 44.3 Å². The van der Waals surface area contributed by atoms with Gasteiger partial charge in [-0.3, -0.25) is 4.79 Å². The van der Waals surface area contributed by atoms with E-state index in [9.17, 15) is 39.6 Å². The van der Waals surface area contributed by atoms with Gasteiger partial charge in [0.25, 0.3) is 5.91 Å². The summed E-state index contributed by atoms with van der Waals surface area (Å²) in [5, 5.41) is 2.78. The lowest BCUT2D eigenvalue weighted by molar-refractivity contribution is -0.154. The number of ether oxygens (including phenoxy) is 1. The van der Waals surface area contributed by atoms with Crippen LogP contribution in [0.15, 0.2) is 47.5 Å². The van der Waals surface area contributed by atoms with E-state index in [2.05, 4.69) is 15.0 Å². The maximum Gasteiger partial charge on any atom is 0.422 e. The molecule has 1 aromatic heterocycles. The predicted molar refractivity (Wildman–Crippen MR) is 112 cm³/mol. The number of benzene rings is 1. The molecule has 0 unspecified atom stereocenters. The van der Waals surface area contributed by atoms with Crippen LogP contribution >= 0.6 is 0 Å². The van der Waals surface area contributed by atoms with E-state index >= 15 is 0 Å². The second-order valence-electron chi connectivity index (χ2n) is 8.29. The fourth-order valence-electron chi connectivity index (χ4n) is 3.77. The van der Waals surface area contributed by atoms with Crippen molar-refractivity contribution in [2.75, 3.05) is 12.4 Å². The van der Waals surface area contributed by atoms with Crippen molar-refractivity contribution in [2.24, 2.45) is 5.92 Å². The first-order valence-corrected chi connectivity index (χ1v) is 12.2. The number of hydrogen-bond acceptors (Lipinski definition) is 5. The van der Waals surface area contributed by atoms with Crippen LogP contribution in [0.4, 0.5) is 26.3 Å². The van der Waals surface area contributed by atoms with Gasteiger partial charge in [0.2, 0.25) is 5.88 Å². The monoisotopic (exact) mass is 524 g/mol. The largest absolute Gasteiger partial charge is 0.468 e. The second-order valence-corrected chi connectivity index (χ2v) is 10.3. The molecule has 0 spiro atoms. The fraction of sp³-hybridized carbons (Fsp3) is 0.455. The van der Waals surface area contributed by atoms with Crippen LogP contribution in [0.25, 0.3) is 0 Å². The van der Waals surface area contributed by atoms with Gasteiger partial charge in [-0.2, -0.15) is 26.3 Å². The molecule has 35 heavy (non-hydrogen) atoms. The Labute approximate surface area is 197 Å². The Hall–Kier alpha value is -2.83. The number of hydrogen-bond donors (Lipinski definition) is 1. The Morgan fingerprint density at radius 1 is 1.03 bits per heavy atom. The van der Waals surface area contributed by atoms with E-state index in [1.807, 2.05) is 0 Å². The molecule has 0 bridgehead atoms. The molecule has 1 aliphatic carbocycles. The molecular formula is C22H22F6N2O4S. The minimum atomic E-state index is -4.65. The lowest BCUT2D eigenvalue weighted by atomic mass is 9.87. The summed E-state index contributed by atoms with van der Waals surface area (Å²) in [5.41, 5.74) is -0.905. The van der Waals surface area contributed by atoms with Gasteiger partial charge < -0.3 is 10.1 Å². The highest BCUT2D eigenvalue weighted by Gasteiger charge is 2.33. The van der Waals surface area contributed by atoms with Gasteiger partial charge in [0.05, 0.1) is 21.8 Å². The quantitative estimate of drug-likeness (QED) is 0.526. The zero-order valence-corrected chi connectivity index (χ0v) is 19.0. The summed E-state index contributed by atoms with van der Waals surface area (Å²) in [6.07, 6.45) is -6.23. The van der Waals surface area contributed by atoms with E-state index in [1.54, 1.807) is 0 Å². The molecule has 6 nitrogen and oxygen atoms in total. The van der Waals surface area contributed by atoms with Gasteiger partial charge in [-0.05, 0) is 55.9 Å². The van der Waals surface area contributed by atoms with Crippen molar-refractivity contribution in [2.45, 2.75) is 49.0 Å². The first-order chi connectivity index (χ1) is 16.2. The Bertz CT molecular complexity index is 1130. The maximum absolute atomic E-state index is 12.9. The summed E-state index contributed by atoms with van der Waals surface area (Å²) in [6.45, 7) is -1.50. The van der Waals surface area contributed by atoms with Crippen LogP contribution in [0.1, 0.15) is 41.6 Å². The van der Waals surface area contributed by atoms with Crippen molar-refractivity contribution >= 4 is 15.7 Å². The van der Waals surface area contributed by atoms with Crippen molar-refractivity contribution in [3.8, 4) is 5.88 Å². The molecule has 1 aromatic carbocycles. The van der Waals surface area contributed by atoms with E-state index in [-0.39, 0.29) is 34.1 Å². The smallest absolute Gasteiger partial charge is 0.422 e. The zero-order valence-electron chi connectivity index (χ0n) is 18.2. The van der Waals surface area contributed by atoms with Crippen molar-refractivity contribution in [1.29, 1.82) is 0 Å². The third-order valence-electron chi connectivity index (χ3n) is 5.54. The standard InChI is InChI=1S/C22H22F6N2O4S/c23-21(24,25)13-34-19-9-6-15(11-29-19)20(31)30-17-7-4-14(5-8-17)12-35(32,33)18-3-1-2-16(10-18)22(26,27)28/h1-3,6,9-11,14,17H,4-5,7-8,12-13H2,(H,30,31). The first kappa shape index (κ1) is 26.8. The van der Waals surface area contributed by atoms with E-state index in [1.165, 1.54) is 6.07 Å². The average Bonchev–Trinajstić information content (AvgIpc) is 2.78. The fourth-order valence-corrected chi connectivity index (χ4v) is 5.51. The molecule has 192 valence electrons. The topological polar surface area (TPSA) is 85.4 Å². The van der Waals surface area contributed by atoms with Crippen LogP contribution in [-0.4, -0.2) is 43.9 Å². The van der Waals surface area contributed by atoms with Gasteiger partial charge in [0.1, 0.15) is 0 Å². The third kappa shape index (κ3) is 7.84. The molecule has 2 aromatic rings. The van der Waals surface area contributed by atoms with Gasteiger partial charge in [-0.1, -0.05) is 6.07 Å². The first-order valence-electron chi connectivity index (χ1n) is 10.6. The number of nitrogens with one attached hydrogen (secondary N) is 1. The van der Waals surface area contributed by atoms with Gasteiger partial charge in [-0.15, -0.1) is 0 Å². The summed E-state index contributed by atoms with van der Waals surface area (Å²) in [4.78, 5) is 15.7. The number of carbonyl (C=O) groups excluding carboxylic acids is 1. The van der Waals surface area contributed by atoms with E-state index < -0.39 is 40.3 Å². The number of halogens is 6. The van der Waals surface area contributed by atoms with Crippen molar-refractivity contribution in [3.05, 3.63) is 53.7 Å². The number of amides is 1. The van der Waals surface area contributed by atoms with Gasteiger partial charge in [0.15, 0.2) is 16.4 Å². The Morgan fingerprint density at radius 2 is 1.71 bits per heavy atom. The van der Waals surface area contributed by atoms with Crippen LogP contribution in [0.2, 0.25) is 0 Å². The lowest BCUT2D eigenvalue weighted by Gasteiger charge is -2.29. The molecule has 1 fully saturated rings. The van der Waals surface area contributed by atoms with Crippen LogP contribution in [0.3, 0.4) is 0 Å².